The van der Waals surface area contributed by atoms with Crippen molar-refractivity contribution in [2.75, 3.05) is 32.7 Å². The number of ether oxygens (including phenoxy) is 2. The highest BCUT2D eigenvalue weighted by atomic mass is 32.2. The lowest BCUT2D eigenvalue weighted by molar-refractivity contribution is -0.111. The maximum atomic E-state index is 12.4. The molecule has 0 unspecified atom stereocenters. The zero-order valence-electron chi connectivity index (χ0n) is 12.5. The summed E-state index contributed by atoms with van der Waals surface area (Å²) in [5.41, 5.74) is 1.32. The van der Waals surface area contributed by atoms with Gasteiger partial charge in [-0.25, -0.2) is 8.42 Å². The first-order valence-corrected chi connectivity index (χ1v) is 8.17. The fraction of sp³-hybridized carbons (Fsp3) is 0.500. The predicted molar refractivity (Wildman–Crippen MR) is 79.4 cm³/mol. The van der Waals surface area contributed by atoms with E-state index in [9.17, 15) is 13.2 Å². The van der Waals surface area contributed by atoms with Crippen molar-refractivity contribution in [3.63, 3.8) is 0 Å². The second kappa shape index (κ2) is 8.11. The summed E-state index contributed by atoms with van der Waals surface area (Å²) < 4.78 is 34.8. The first-order chi connectivity index (χ1) is 9.92. The lowest BCUT2D eigenvalue weighted by atomic mass is 10.1. The largest absolute Gasteiger partial charge is 0.497 e. The van der Waals surface area contributed by atoms with Gasteiger partial charge in [-0.05, 0) is 37.1 Å². The van der Waals surface area contributed by atoms with E-state index in [2.05, 4.69) is 5.32 Å². The van der Waals surface area contributed by atoms with Crippen molar-refractivity contribution in [2.24, 2.45) is 0 Å². The molecule has 6 nitrogen and oxygen atoms in total. The van der Waals surface area contributed by atoms with Crippen molar-refractivity contribution >= 4 is 16.1 Å². The lowest BCUT2D eigenvalue weighted by Crippen LogP contribution is -2.27. The Hall–Kier alpha value is -1.44. The van der Waals surface area contributed by atoms with Crippen LogP contribution in [-0.4, -0.2) is 47.4 Å². The van der Waals surface area contributed by atoms with Crippen molar-refractivity contribution < 1.29 is 22.7 Å². The molecule has 0 saturated heterocycles. The van der Waals surface area contributed by atoms with Gasteiger partial charge in [-0.15, -0.1) is 0 Å². The van der Waals surface area contributed by atoms with E-state index in [0.717, 1.165) is 0 Å². The van der Waals surface area contributed by atoms with E-state index in [1.807, 2.05) is 0 Å². The minimum absolute atomic E-state index is 0.0190. The van der Waals surface area contributed by atoms with Crippen LogP contribution in [0.25, 0.3) is 0 Å². The molecule has 21 heavy (non-hydrogen) atoms. The summed E-state index contributed by atoms with van der Waals surface area (Å²) >= 11 is 0. The molecule has 0 atom stereocenters. The van der Waals surface area contributed by atoms with Crippen LogP contribution in [0.4, 0.5) is 0 Å². The molecule has 0 spiro atoms. The Labute approximate surface area is 125 Å². The van der Waals surface area contributed by atoms with Crippen LogP contribution in [0.15, 0.2) is 17.0 Å². The maximum absolute atomic E-state index is 12.4. The second-order valence-electron chi connectivity index (χ2n) is 4.59. The SMILES string of the molecule is COc1cc(C)c(S(=O)(=O)CNCCOCC=O)c(C)c1. The molecule has 1 rings (SSSR count). The van der Waals surface area contributed by atoms with Crippen LogP contribution in [0.1, 0.15) is 11.1 Å². The number of rotatable bonds is 9. The molecular formula is C14H21NO5S. The molecule has 0 fully saturated rings. The van der Waals surface area contributed by atoms with Gasteiger partial charge in [0.2, 0.25) is 0 Å². The van der Waals surface area contributed by atoms with Crippen molar-refractivity contribution in [1.82, 2.24) is 5.32 Å². The number of benzene rings is 1. The van der Waals surface area contributed by atoms with Crippen LogP contribution in [0, 0.1) is 13.8 Å². The Morgan fingerprint density at radius 2 is 1.86 bits per heavy atom. The van der Waals surface area contributed by atoms with E-state index in [4.69, 9.17) is 9.47 Å². The van der Waals surface area contributed by atoms with E-state index in [-0.39, 0.29) is 19.1 Å². The van der Waals surface area contributed by atoms with E-state index in [1.165, 1.54) is 0 Å². The van der Waals surface area contributed by atoms with Crippen LogP contribution in [0.5, 0.6) is 5.75 Å². The summed E-state index contributed by atoms with van der Waals surface area (Å²) in [4.78, 5) is 10.4. The van der Waals surface area contributed by atoms with Gasteiger partial charge < -0.3 is 19.6 Å². The Bertz CT molecular complexity index is 560. The standard InChI is InChI=1S/C14H21NO5S/c1-11-8-13(19-3)9-12(2)14(11)21(17,18)10-15-4-6-20-7-5-16/h5,8-9,15H,4,6-7,10H2,1-3H3. The Morgan fingerprint density at radius 3 is 2.38 bits per heavy atom. The summed E-state index contributed by atoms with van der Waals surface area (Å²) in [7, 11) is -1.89. The van der Waals surface area contributed by atoms with Crippen molar-refractivity contribution in [2.45, 2.75) is 18.7 Å². The first kappa shape index (κ1) is 17.6. The maximum Gasteiger partial charge on any atom is 0.191 e. The highest BCUT2D eigenvalue weighted by molar-refractivity contribution is 7.91. The summed E-state index contributed by atoms with van der Waals surface area (Å²) in [6, 6.07) is 3.40. The van der Waals surface area contributed by atoms with Gasteiger partial charge in [0.1, 0.15) is 24.5 Å². The van der Waals surface area contributed by atoms with Gasteiger partial charge in [0.25, 0.3) is 0 Å². The fourth-order valence-electron chi connectivity index (χ4n) is 2.07. The molecule has 1 N–H and O–H groups in total. The topological polar surface area (TPSA) is 81.7 Å². The lowest BCUT2D eigenvalue weighted by Gasteiger charge is -2.13. The summed E-state index contributed by atoms with van der Waals surface area (Å²) in [6.07, 6.45) is 0.654. The molecule has 1 aromatic carbocycles. The minimum Gasteiger partial charge on any atom is -0.497 e. The third kappa shape index (κ3) is 5.11. The third-order valence-electron chi connectivity index (χ3n) is 2.88. The van der Waals surface area contributed by atoms with Gasteiger partial charge >= 0.3 is 0 Å². The van der Waals surface area contributed by atoms with Crippen LogP contribution in [0.2, 0.25) is 0 Å². The molecule has 0 aliphatic carbocycles. The average molecular weight is 315 g/mol. The zero-order valence-corrected chi connectivity index (χ0v) is 13.3. The quantitative estimate of drug-likeness (QED) is 0.537. The number of aryl methyl sites for hydroxylation is 2. The van der Waals surface area contributed by atoms with Crippen LogP contribution in [0.3, 0.4) is 0 Å². The third-order valence-corrected chi connectivity index (χ3v) is 4.73. The van der Waals surface area contributed by atoms with Crippen molar-refractivity contribution in [1.29, 1.82) is 0 Å². The monoisotopic (exact) mass is 315 g/mol. The molecule has 0 aliphatic heterocycles. The van der Waals surface area contributed by atoms with Gasteiger partial charge in [-0.3, -0.25) is 0 Å². The predicted octanol–water partition coefficient (Wildman–Crippen LogP) is 0.848. The Morgan fingerprint density at radius 1 is 1.24 bits per heavy atom. The van der Waals surface area contributed by atoms with E-state index in [0.29, 0.717) is 34.6 Å². The highest BCUT2D eigenvalue weighted by Crippen LogP contribution is 2.26. The van der Waals surface area contributed by atoms with Crippen molar-refractivity contribution in [3.05, 3.63) is 23.3 Å². The van der Waals surface area contributed by atoms with Gasteiger partial charge in [0.15, 0.2) is 9.84 Å². The number of hydrogen-bond donors (Lipinski definition) is 1. The zero-order chi connectivity index (χ0) is 15.9. The van der Waals surface area contributed by atoms with E-state index in [1.54, 1.807) is 33.1 Å². The van der Waals surface area contributed by atoms with Crippen LogP contribution < -0.4 is 10.1 Å². The fourth-order valence-corrected chi connectivity index (χ4v) is 3.73. The van der Waals surface area contributed by atoms with Crippen LogP contribution in [-0.2, 0) is 19.4 Å². The molecule has 118 valence electrons. The molecule has 0 saturated carbocycles. The van der Waals surface area contributed by atoms with Gasteiger partial charge in [-0.1, -0.05) is 0 Å². The number of aldehydes is 1. The molecular weight excluding hydrogens is 294 g/mol. The molecule has 0 aromatic heterocycles. The van der Waals surface area contributed by atoms with Crippen molar-refractivity contribution in [3.8, 4) is 5.75 Å². The number of hydrogen-bond acceptors (Lipinski definition) is 6. The van der Waals surface area contributed by atoms with Gasteiger partial charge in [0, 0.05) is 6.54 Å². The summed E-state index contributed by atoms with van der Waals surface area (Å²) in [5, 5.41) is 2.81. The van der Waals surface area contributed by atoms with E-state index >= 15 is 0 Å². The Kier molecular flexibility index (Phi) is 6.80. The number of carbonyl (C=O) groups is 1. The number of methoxy groups -OCH3 is 1. The normalized spacial score (nSPS) is 11.4. The number of nitrogens with one attached hydrogen (secondary N) is 1. The molecule has 0 amide bonds. The Balaban J connectivity index is 2.72. The summed E-state index contributed by atoms with van der Waals surface area (Å²) in [6.45, 7) is 4.16. The molecule has 0 heterocycles. The molecule has 0 radical (unpaired) electrons. The van der Waals surface area contributed by atoms with Gasteiger partial charge in [-0.2, -0.15) is 0 Å². The van der Waals surface area contributed by atoms with Gasteiger partial charge in [0.05, 0.1) is 18.6 Å². The smallest absolute Gasteiger partial charge is 0.191 e. The molecule has 7 heteroatoms. The molecule has 0 bridgehead atoms. The highest BCUT2D eigenvalue weighted by Gasteiger charge is 2.20. The molecule has 1 aromatic rings. The minimum atomic E-state index is -3.43. The average Bonchev–Trinajstić information content (AvgIpc) is 2.41. The summed E-state index contributed by atoms with van der Waals surface area (Å²) in [5.74, 6) is 0.463. The first-order valence-electron chi connectivity index (χ1n) is 6.52. The number of sulfone groups is 1. The second-order valence-corrected chi connectivity index (χ2v) is 6.52. The van der Waals surface area contributed by atoms with E-state index < -0.39 is 9.84 Å². The van der Waals surface area contributed by atoms with Crippen LogP contribution >= 0.6 is 0 Å². The number of carbonyl (C=O) groups excluding carboxylic acids is 1. The molecule has 0 aliphatic rings.